The maximum atomic E-state index is 13.0. The molecule has 1 rings (SSSR count). The van der Waals surface area contributed by atoms with Crippen molar-refractivity contribution in [1.29, 1.82) is 0 Å². The van der Waals surface area contributed by atoms with Gasteiger partial charge in [-0.2, -0.15) is 4.39 Å². The lowest BCUT2D eigenvalue weighted by molar-refractivity contribution is 0.579. The molecule has 0 fully saturated rings. The van der Waals surface area contributed by atoms with Crippen molar-refractivity contribution in [1.82, 2.24) is 4.98 Å². The van der Waals surface area contributed by atoms with Crippen LogP contribution in [0.4, 0.5) is 4.39 Å². The van der Waals surface area contributed by atoms with Crippen LogP contribution in [-0.2, 0) is 0 Å². The molecule has 1 heterocycles. The summed E-state index contributed by atoms with van der Waals surface area (Å²) in [6, 6.07) is 1.60. The Morgan fingerprint density at radius 2 is 2.42 bits per heavy atom. The van der Waals surface area contributed by atoms with E-state index in [1.165, 1.54) is 6.20 Å². The van der Waals surface area contributed by atoms with Crippen molar-refractivity contribution < 1.29 is 4.39 Å². The Hall–Kier alpha value is -0.410. The van der Waals surface area contributed by atoms with Crippen molar-refractivity contribution in [2.75, 3.05) is 5.88 Å². The van der Waals surface area contributed by atoms with E-state index in [0.29, 0.717) is 15.6 Å². The summed E-state index contributed by atoms with van der Waals surface area (Å²) in [5.41, 5.74) is 0.891. The Labute approximate surface area is 83.4 Å². The van der Waals surface area contributed by atoms with Gasteiger partial charge in [0.1, 0.15) is 0 Å². The average molecular weight is 250 g/mol. The van der Waals surface area contributed by atoms with Crippen molar-refractivity contribution in [3.63, 3.8) is 0 Å². The number of rotatable bonds is 2. The second kappa shape index (κ2) is 4.01. The van der Waals surface area contributed by atoms with Crippen molar-refractivity contribution in [2.45, 2.75) is 0 Å². The van der Waals surface area contributed by atoms with Crippen LogP contribution in [0.5, 0.6) is 0 Å². The smallest absolute Gasteiger partial charge is 0.220 e. The van der Waals surface area contributed by atoms with Gasteiger partial charge in [0, 0.05) is 22.1 Å². The first-order valence-electron chi connectivity index (χ1n) is 3.20. The minimum atomic E-state index is -0.538. The molecule has 0 bridgehead atoms. The quantitative estimate of drug-likeness (QED) is 0.580. The first-order valence-corrected chi connectivity index (χ1v) is 4.53. The Morgan fingerprint density at radius 3 is 3.00 bits per heavy atom. The number of aromatic nitrogens is 1. The number of nitrogens with zero attached hydrogens (tertiary/aromatic N) is 1. The highest BCUT2D eigenvalue weighted by molar-refractivity contribution is 9.10. The van der Waals surface area contributed by atoms with E-state index in [4.69, 9.17) is 11.6 Å². The average Bonchev–Trinajstić information content (AvgIpc) is 2.08. The maximum absolute atomic E-state index is 13.0. The fourth-order valence-electron chi connectivity index (χ4n) is 0.743. The first kappa shape index (κ1) is 9.68. The third kappa shape index (κ3) is 2.05. The van der Waals surface area contributed by atoms with Gasteiger partial charge in [0.05, 0.1) is 0 Å². The van der Waals surface area contributed by atoms with Crippen LogP contribution in [0.3, 0.4) is 0 Å². The van der Waals surface area contributed by atoms with Gasteiger partial charge in [-0.25, -0.2) is 4.98 Å². The van der Waals surface area contributed by atoms with Crippen LogP contribution in [0.25, 0.3) is 5.57 Å². The number of pyridine rings is 1. The van der Waals surface area contributed by atoms with Gasteiger partial charge in [-0.05, 0) is 27.6 Å². The largest absolute Gasteiger partial charge is 0.227 e. The molecule has 0 atom stereocenters. The van der Waals surface area contributed by atoms with Gasteiger partial charge in [0.25, 0.3) is 0 Å². The van der Waals surface area contributed by atoms with Crippen molar-refractivity contribution in [2.24, 2.45) is 0 Å². The molecule has 0 N–H and O–H groups in total. The summed E-state index contributed by atoms with van der Waals surface area (Å²) >= 11 is 8.68. The van der Waals surface area contributed by atoms with E-state index < -0.39 is 5.95 Å². The van der Waals surface area contributed by atoms with Crippen LogP contribution < -0.4 is 0 Å². The van der Waals surface area contributed by atoms with Gasteiger partial charge in [-0.1, -0.05) is 6.58 Å². The number of hydrogen-bond donors (Lipinski definition) is 0. The molecule has 0 saturated carbocycles. The van der Waals surface area contributed by atoms with Crippen LogP contribution in [-0.4, -0.2) is 10.9 Å². The second-order valence-corrected chi connectivity index (χ2v) is 3.41. The predicted molar refractivity (Wildman–Crippen MR) is 51.6 cm³/mol. The third-order valence-electron chi connectivity index (χ3n) is 1.35. The minimum absolute atomic E-state index is 0.203. The molecular weight excluding hydrogens is 244 g/mol. The molecule has 12 heavy (non-hydrogen) atoms. The van der Waals surface area contributed by atoms with Gasteiger partial charge in [-0.3, -0.25) is 0 Å². The summed E-state index contributed by atoms with van der Waals surface area (Å²) in [5.74, 6) is -0.335. The summed E-state index contributed by atoms with van der Waals surface area (Å²) in [5, 5.41) is 0. The van der Waals surface area contributed by atoms with Crippen LogP contribution >= 0.6 is 27.5 Å². The van der Waals surface area contributed by atoms with Crippen molar-refractivity contribution in [3.8, 4) is 0 Å². The van der Waals surface area contributed by atoms with Gasteiger partial charge in [-0.15, -0.1) is 11.6 Å². The third-order valence-corrected chi connectivity index (χ3v) is 2.10. The molecule has 1 aromatic rings. The normalized spacial score (nSPS) is 9.92. The van der Waals surface area contributed by atoms with Gasteiger partial charge < -0.3 is 0 Å². The number of alkyl halides is 1. The lowest BCUT2D eigenvalue weighted by Crippen LogP contribution is -1.93. The summed E-state index contributed by atoms with van der Waals surface area (Å²) in [7, 11) is 0. The monoisotopic (exact) mass is 249 g/mol. The molecule has 0 unspecified atom stereocenters. The van der Waals surface area contributed by atoms with Crippen LogP contribution in [0.15, 0.2) is 23.3 Å². The molecule has 1 aromatic heterocycles. The van der Waals surface area contributed by atoms with Crippen LogP contribution in [0.2, 0.25) is 0 Å². The van der Waals surface area contributed by atoms with E-state index in [1.807, 2.05) is 0 Å². The Morgan fingerprint density at radius 1 is 1.75 bits per heavy atom. The minimum Gasteiger partial charge on any atom is -0.227 e. The van der Waals surface area contributed by atoms with E-state index in [0.717, 1.165) is 0 Å². The maximum Gasteiger partial charge on any atom is 0.220 e. The van der Waals surface area contributed by atoms with Crippen LogP contribution in [0, 0.1) is 5.95 Å². The number of halogens is 3. The zero-order valence-electron chi connectivity index (χ0n) is 6.15. The van der Waals surface area contributed by atoms with E-state index in [2.05, 4.69) is 27.5 Å². The lowest BCUT2D eigenvalue weighted by atomic mass is 10.1. The molecule has 0 saturated heterocycles. The van der Waals surface area contributed by atoms with Gasteiger partial charge in [0.15, 0.2) is 0 Å². The second-order valence-electron chi connectivity index (χ2n) is 2.23. The molecule has 0 aliphatic rings. The summed E-state index contributed by atoms with van der Waals surface area (Å²) in [6.45, 7) is 3.61. The summed E-state index contributed by atoms with van der Waals surface area (Å²) in [4.78, 5) is 3.51. The summed E-state index contributed by atoms with van der Waals surface area (Å²) in [6.07, 6.45) is 1.39. The zero-order valence-corrected chi connectivity index (χ0v) is 8.49. The topological polar surface area (TPSA) is 12.9 Å². The highest BCUT2D eigenvalue weighted by Crippen LogP contribution is 2.20. The number of allylic oxidation sites excluding steroid dienone is 1. The van der Waals surface area contributed by atoms with E-state index >= 15 is 0 Å². The molecule has 64 valence electrons. The molecule has 4 heteroatoms. The molecule has 1 nitrogen and oxygen atoms in total. The first-order chi connectivity index (χ1) is 5.65. The van der Waals surface area contributed by atoms with E-state index in [9.17, 15) is 4.39 Å². The Kier molecular flexibility index (Phi) is 3.23. The molecule has 0 aliphatic carbocycles. The highest BCUT2D eigenvalue weighted by atomic mass is 79.9. The van der Waals surface area contributed by atoms with E-state index in [-0.39, 0.29) is 5.88 Å². The molecule has 0 aromatic carbocycles. The fourth-order valence-corrected chi connectivity index (χ4v) is 1.22. The van der Waals surface area contributed by atoms with Crippen LogP contribution in [0.1, 0.15) is 5.56 Å². The molecular formula is C8H6BrClFN. The van der Waals surface area contributed by atoms with Gasteiger partial charge >= 0.3 is 0 Å². The Bertz CT molecular complexity index is 314. The molecule has 0 spiro atoms. The number of hydrogen-bond acceptors (Lipinski definition) is 1. The van der Waals surface area contributed by atoms with E-state index in [1.54, 1.807) is 6.07 Å². The highest BCUT2D eigenvalue weighted by Gasteiger charge is 2.06. The SMILES string of the molecule is C=C(CCl)c1cc(Br)cnc1F. The van der Waals surface area contributed by atoms with Crippen molar-refractivity contribution >= 4 is 33.1 Å². The zero-order chi connectivity index (χ0) is 9.14. The molecule has 0 aliphatic heterocycles. The molecule has 0 radical (unpaired) electrons. The fraction of sp³-hybridized carbons (Fsp3) is 0.125. The predicted octanol–water partition coefficient (Wildman–Crippen LogP) is 3.24. The lowest BCUT2D eigenvalue weighted by Gasteiger charge is -2.02. The van der Waals surface area contributed by atoms with Gasteiger partial charge in [0.2, 0.25) is 5.95 Å². The summed E-state index contributed by atoms with van der Waals surface area (Å²) < 4.78 is 13.7. The standard InChI is InChI=1S/C8H6BrClFN/c1-5(3-10)7-2-6(9)4-12-8(7)11/h2,4H,1,3H2. The van der Waals surface area contributed by atoms with Crippen molar-refractivity contribution in [3.05, 3.63) is 34.8 Å². The molecule has 0 amide bonds. The Balaban J connectivity index is 3.13.